The Kier molecular flexibility index (Phi) is 4.93. The molecule has 1 rings (SSSR count). The molecule has 1 aromatic carbocycles. The largest absolute Gasteiger partial charge is 0.480 e. The van der Waals surface area contributed by atoms with Crippen molar-refractivity contribution in [3.8, 4) is 6.07 Å². The van der Waals surface area contributed by atoms with E-state index >= 15 is 0 Å². The fraction of sp³-hybridized carbons (Fsp3) is 0.400. The second-order valence-corrected chi connectivity index (χ2v) is 5.11. The van der Waals surface area contributed by atoms with Crippen LogP contribution in [0.2, 0.25) is 0 Å². The van der Waals surface area contributed by atoms with Crippen molar-refractivity contribution in [2.45, 2.75) is 26.3 Å². The van der Waals surface area contributed by atoms with Gasteiger partial charge in [0.15, 0.2) is 0 Å². The third-order valence-electron chi connectivity index (χ3n) is 3.42. The van der Waals surface area contributed by atoms with Crippen LogP contribution in [0.4, 0.5) is 10.5 Å². The average molecular weight is 289 g/mol. The van der Waals surface area contributed by atoms with E-state index in [2.05, 4.69) is 0 Å². The molecular weight excluding hydrogens is 270 g/mol. The lowest BCUT2D eigenvalue weighted by atomic mass is 10.0. The van der Waals surface area contributed by atoms with Gasteiger partial charge in [-0.2, -0.15) is 5.26 Å². The molecule has 0 fully saturated rings. The van der Waals surface area contributed by atoms with Crippen molar-refractivity contribution >= 4 is 17.7 Å². The van der Waals surface area contributed by atoms with Crippen LogP contribution in [0.5, 0.6) is 0 Å². The lowest BCUT2D eigenvalue weighted by Crippen LogP contribution is -2.56. The van der Waals surface area contributed by atoms with E-state index in [4.69, 9.17) is 5.26 Å². The molecule has 0 radical (unpaired) electrons. The van der Waals surface area contributed by atoms with E-state index in [1.807, 2.05) is 6.07 Å². The molecule has 6 nitrogen and oxygen atoms in total. The number of hydrogen-bond donors (Lipinski definition) is 1. The van der Waals surface area contributed by atoms with E-state index in [1.165, 1.54) is 23.6 Å². The highest BCUT2D eigenvalue weighted by Gasteiger charge is 2.38. The first kappa shape index (κ1) is 16.5. The predicted molar refractivity (Wildman–Crippen MR) is 79.1 cm³/mol. The molecule has 0 aromatic heterocycles. The molecule has 0 saturated carbocycles. The van der Waals surface area contributed by atoms with E-state index in [0.717, 1.165) is 0 Å². The van der Waals surface area contributed by atoms with E-state index in [1.54, 1.807) is 38.2 Å². The molecule has 0 aliphatic rings. The van der Waals surface area contributed by atoms with Crippen LogP contribution in [0.1, 0.15) is 26.3 Å². The topological polar surface area (TPSA) is 84.6 Å². The fourth-order valence-electron chi connectivity index (χ4n) is 1.94. The summed E-state index contributed by atoms with van der Waals surface area (Å²) < 4.78 is 0. The van der Waals surface area contributed by atoms with Gasteiger partial charge in [0.05, 0.1) is 11.6 Å². The van der Waals surface area contributed by atoms with Gasteiger partial charge in [0.25, 0.3) is 0 Å². The fourth-order valence-corrected chi connectivity index (χ4v) is 1.94. The summed E-state index contributed by atoms with van der Waals surface area (Å²) in [6.45, 7) is 4.99. The number of carbonyl (C=O) groups is 2. The first-order valence-corrected chi connectivity index (χ1v) is 6.54. The summed E-state index contributed by atoms with van der Waals surface area (Å²) in [5, 5.41) is 18.0. The Morgan fingerprint density at radius 2 is 1.81 bits per heavy atom. The minimum atomic E-state index is -1.30. The lowest BCUT2D eigenvalue weighted by molar-refractivity contribution is -0.147. The third kappa shape index (κ3) is 3.31. The number of nitriles is 1. The summed E-state index contributed by atoms with van der Waals surface area (Å²) in [4.78, 5) is 26.5. The highest BCUT2D eigenvalue weighted by molar-refractivity contribution is 5.95. The number of carboxylic acid groups (broad SMARTS) is 1. The zero-order valence-corrected chi connectivity index (χ0v) is 12.6. The number of benzene rings is 1. The second-order valence-electron chi connectivity index (χ2n) is 5.11. The standard InChI is InChI=1S/C15H19N3O3/c1-5-18(15(2,3)13(19)20)14(21)17(4)12-8-6-11(10-16)7-9-12/h6-9H,5H2,1-4H3,(H,19,20). The minimum Gasteiger partial charge on any atom is -0.480 e. The van der Waals surface area contributed by atoms with Crippen molar-refractivity contribution in [3.63, 3.8) is 0 Å². The van der Waals surface area contributed by atoms with Gasteiger partial charge in [-0.1, -0.05) is 0 Å². The second kappa shape index (κ2) is 6.27. The van der Waals surface area contributed by atoms with Crippen molar-refractivity contribution in [1.29, 1.82) is 5.26 Å². The molecule has 0 heterocycles. The SMILES string of the molecule is CCN(C(=O)N(C)c1ccc(C#N)cc1)C(C)(C)C(=O)O. The van der Waals surface area contributed by atoms with Crippen molar-refractivity contribution < 1.29 is 14.7 Å². The van der Waals surface area contributed by atoms with Gasteiger partial charge in [-0.3, -0.25) is 4.90 Å². The monoisotopic (exact) mass is 289 g/mol. The number of aliphatic carboxylic acids is 1. The summed E-state index contributed by atoms with van der Waals surface area (Å²) in [5.41, 5.74) is -0.205. The summed E-state index contributed by atoms with van der Waals surface area (Å²) in [6.07, 6.45) is 0. The molecule has 0 unspecified atom stereocenters. The van der Waals surface area contributed by atoms with Gasteiger partial charge in [0.1, 0.15) is 5.54 Å². The van der Waals surface area contributed by atoms with Crippen molar-refractivity contribution in [1.82, 2.24) is 4.90 Å². The summed E-state index contributed by atoms with van der Waals surface area (Å²) in [5.74, 6) is -1.06. The molecule has 1 aromatic rings. The molecule has 21 heavy (non-hydrogen) atoms. The van der Waals surface area contributed by atoms with Crippen LogP contribution in [0.3, 0.4) is 0 Å². The van der Waals surface area contributed by atoms with Crippen LogP contribution in [-0.2, 0) is 4.79 Å². The summed E-state index contributed by atoms with van der Waals surface area (Å²) in [7, 11) is 1.57. The summed E-state index contributed by atoms with van der Waals surface area (Å²) in [6, 6.07) is 8.12. The molecule has 112 valence electrons. The van der Waals surface area contributed by atoms with Crippen molar-refractivity contribution in [3.05, 3.63) is 29.8 Å². The number of anilines is 1. The van der Waals surface area contributed by atoms with Gasteiger partial charge in [-0.05, 0) is 45.0 Å². The zero-order chi connectivity index (χ0) is 16.2. The number of likely N-dealkylation sites (N-methyl/N-ethyl adjacent to an activating group) is 1. The van der Waals surface area contributed by atoms with Gasteiger partial charge in [0.2, 0.25) is 0 Å². The Balaban J connectivity index is 3.04. The number of carboxylic acids is 1. The Hall–Kier alpha value is -2.55. The van der Waals surface area contributed by atoms with E-state index in [0.29, 0.717) is 11.3 Å². The Morgan fingerprint density at radius 3 is 2.19 bits per heavy atom. The van der Waals surface area contributed by atoms with Crippen molar-refractivity contribution in [2.75, 3.05) is 18.5 Å². The third-order valence-corrected chi connectivity index (χ3v) is 3.42. The number of urea groups is 1. The molecule has 0 spiro atoms. The Morgan fingerprint density at radius 1 is 1.29 bits per heavy atom. The van der Waals surface area contributed by atoms with Gasteiger partial charge >= 0.3 is 12.0 Å². The molecular formula is C15H19N3O3. The highest BCUT2D eigenvalue weighted by atomic mass is 16.4. The number of amides is 2. The average Bonchev–Trinajstić information content (AvgIpc) is 2.46. The number of nitrogens with zero attached hydrogens (tertiary/aromatic N) is 3. The van der Waals surface area contributed by atoms with Gasteiger partial charge in [-0.15, -0.1) is 0 Å². The van der Waals surface area contributed by atoms with Crippen LogP contribution in [0, 0.1) is 11.3 Å². The number of carbonyl (C=O) groups excluding carboxylic acids is 1. The predicted octanol–water partition coefficient (Wildman–Crippen LogP) is 2.30. The molecule has 0 aliphatic carbocycles. The number of rotatable bonds is 4. The molecule has 1 N–H and O–H groups in total. The number of hydrogen-bond acceptors (Lipinski definition) is 3. The van der Waals surface area contributed by atoms with Crippen LogP contribution in [0.25, 0.3) is 0 Å². The molecule has 0 saturated heterocycles. The first-order chi connectivity index (χ1) is 9.75. The maximum atomic E-state index is 12.5. The molecule has 0 atom stereocenters. The zero-order valence-electron chi connectivity index (χ0n) is 12.6. The van der Waals surface area contributed by atoms with E-state index < -0.39 is 17.5 Å². The van der Waals surface area contributed by atoms with Crippen LogP contribution < -0.4 is 4.90 Å². The minimum absolute atomic E-state index is 0.277. The Bertz CT molecular complexity index is 573. The molecule has 0 aliphatic heterocycles. The van der Waals surface area contributed by atoms with E-state index in [-0.39, 0.29) is 6.54 Å². The van der Waals surface area contributed by atoms with Gasteiger partial charge in [0, 0.05) is 19.3 Å². The maximum Gasteiger partial charge on any atom is 0.329 e. The first-order valence-electron chi connectivity index (χ1n) is 6.54. The van der Waals surface area contributed by atoms with Crippen LogP contribution in [0.15, 0.2) is 24.3 Å². The van der Waals surface area contributed by atoms with Gasteiger partial charge < -0.3 is 10.0 Å². The summed E-state index contributed by atoms with van der Waals surface area (Å²) >= 11 is 0. The van der Waals surface area contributed by atoms with Crippen molar-refractivity contribution in [2.24, 2.45) is 0 Å². The van der Waals surface area contributed by atoms with Gasteiger partial charge in [-0.25, -0.2) is 9.59 Å². The lowest BCUT2D eigenvalue weighted by Gasteiger charge is -2.36. The highest BCUT2D eigenvalue weighted by Crippen LogP contribution is 2.20. The van der Waals surface area contributed by atoms with E-state index in [9.17, 15) is 14.7 Å². The molecule has 2 amide bonds. The van der Waals surface area contributed by atoms with Crippen LogP contribution >= 0.6 is 0 Å². The Labute approximate surface area is 124 Å². The quantitative estimate of drug-likeness (QED) is 0.921. The smallest absolute Gasteiger partial charge is 0.329 e. The molecule has 6 heteroatoms. The molecule has 0 bridgehead atoms. The normalized spacial score (nSPS) is 10.6. The maximum absolute atomic E-state index is 12.5. The van der Waals surface area contributed by atoms with Crippen LogP contribution in [-0.4, -0.2) is 41.1 Å².